The number of rotatable bonds is 5. The monoisotopic (exact) mass is 171 g/mol. The van der Waals surface area contributed by atoms with Gasteiger partial charge in [0, 0.05) is 6.04 Å². The second-order valence-corrected chi connectivity index (χ2v) is 4.18. The van der Waals surface area contributed by atoms with E-state index in [9.17, 15) is 0 Å². The Morgan fingerprint density at radius 3 is 1.75 bits per heavy atom. The summed E-state index contributed by atoms with van der Waals surface area (Å²) in [5, 5.41) is 0. The first-order valence-corrected chi connectivity index (χ1v) is 5.30. The minimum atomic E-state index is 0.337. The predicted octanol–water partition coefficient (Wildman–Crippen LogP) is 3.04. The molecule has 2 N–H and O–H groups in total. The molecule has 0 aromatic carbocycles. The molecule has 0 spiro atoms. The van der Waals surface area contributed by atoms with Crippen LogP contribution in [0.5, 0.6) is 0 Å². The van der Waals surface area contributed by atoms with Crippen LogP contribution in [-0.4, -0.2) is 6.04 Å². The zero-order valence-corrected chi connectivity index (χ0v) is 9.30. The molecule has 74 valence electrons. The van der Waals surface area contributed by atoms with Gasteiger partial charge in [-0.25, -0.2) is 0 Å². The Labute approximate surface area is 77.7 Å². The zero-order valence-electron chi connectivity index (χ0n) is 9.30. The lowest BCUT2D eigenvalue weighted by molar-refractivity contribution is 0.217. The average Bonchev–Trinajstić information content (AvgIpc) is 2.05. The van der Waals surface area contributed by atoms with Gasteiger partial charge in [-0.1, -0.05) is 40.5 Å². The minimum absolute atomic E-state index is 0.337. The summed E-state index contributed by atoms with van der Waals surface area (Å²) in [5.74, 6) is 2.27. The van der Waals surface area contributed by atoms with Crippen molar-refractivity contribution in [3.8, 4) is 0 Å². The van der Waals surface area contributed by atoms with Crippen molar-refractivity contribution in [2.75, 3.05) is 0 Å². The molecule has 0 saturated carbocycles. The van der Waals surface area contributed by atoms with Gasteiger partial charge in [0.2, 0.25) is 0 Å². The molecular weight excluding hydrogens is 146 g/mol. The molecule has 0 heterocycles. The van der Waals surface area contributed by atoms with E-state index in [2.05, 4.69) is 34.6 Å². The van der Waals surface area contributed by atoms with Crippen molar-refractivity contribution in [1.29, 1.82) is 0 Å². The van der Waals surface area contributed by atoms with Crippen LogP contribution in [0.1, 0.15) is 47.5 Å². The van der Waals surface area contributed by atoms with Crippen molar-refractivity contribution in [3.05, 3.63) is 0 Å². The number of hydrogen-bond acceptors (Lipinski definition) is 1. The van der Waals surface area contributed by atoms with Crippen LogP contribution < -0.4 is 5.73 Å². The lowest BCUT2D eigenvalue weighted by Gasteiger charge is -2.30. The molecule has 0 fully saturated rings. The Morgan fingerprint density at radius 2 is 1.50 bits per heavy atom. The fourth-order valence-electron chi connectivity index (χ4n) is 1.99. The van der Waals surface area contributed by atoms with Crippen LogP contribution in [-0.2, 0) is 0 Å². The molecule has 0 bridgehead atoms. The van der Waals surface area contributed by atoms with Crippen LogP contribution in [0.3, 0.4) is 0 Å². The first-order valence-electron chi connectivity index (χ1n) is 5.30. The second-order valence-electron chi connectivity index (χ2n) is 4.18. The van der Waals surface area contributed by atoms with E-state index in [1.807, 2.05) is 0 Å². The summed E-state index contributed by atoms with van der Waals surface area (Å²) < 4.78 is 0. The molecule has 0 rings (SSSR count). The second kappa shape index (κ2) is 5.58. The van der Waals surface area contributed by atoms with Crippen molar-refractivity contribution in [1.82, 2.24) is 0 Å². The lowest BCUT2D eigenvalue weighted by Crippen LogP contribution is -2.33. The molecule has 0 radical (unpaired) electrons. The van der Waals surface area contributed by atoms with Gasteiger partial charge >= 0.3 is 0 Å². The van der Waals surface area contributed by atoms with Crippen molar-refractivity contribution in [3.63, 3.8) is 0 Å². The van der Waals surface area contributed by atoms with Crippen LogP contribution in [0.15, 0.2) is 0 Å². The van der Waals surface area contributed by atoms with Crippen LogP contribution in [0, 0.1) is 17.8 Å². The molecule has 0 saturated heterocycles. The van der Waals surface area contributed by atoms with Gasteiger partial charge in [0.25, 0.3) is 0 Å². The van der Waals surface area contributed by atoms with Crippen molar-refractivity contribution in [2.45, 2.75) is 53.5 Å². The van der Waals surface area contributed by atoms with Gasteiger partial charge in [-0.3, -0.25) is 0 Å². The molecule has 0 aliphatic carbocycles. The average molecular weight is 171 g/mol. The summed E-state index contributed by atoms with van der Waals surface area (Å²) in [5.41, 5.74) is 5.90. The Morgan fingerprint density at radius 1 is 1.00 bits per heavy atom. The Balaban J connectivity index is 4.13. The molecule has 12 heavy (non-hydrogen) atoms. The van der Waals surface area contributed by atoms with Crippen LogP contribution in [0.2, 0.25) is 0 Å². The first kappa shape index (κ1) is 12.0. The van der Waals surface area contributed by atoms with E-state index in [0.717, 1.165) is 11.8 Å². The topological polar surface area (TPSA) is 26.0 Å². The fraction of sp³-hybridized carbons (Fsp3) is 1.00. The number of nitrogens with two attached hydrogens (primary N) is 1. The van der Waals surface area contributed by atoms with Crippen LogP contribution in [0.4, 0.5) is 0 Å². The summed E-state index contributed by atoms with van der Waals surface area (Å²) in [7, 11) is 0. The van der Waals surface area contributed by atoms with E-state index in [-0.39, 0.29) is 0 Å². The maximum atomic E-state index is 5.90. The standard InChI is InChI=1S/C11H25N/c1-6-8(3)11(7-2)9(4)10(5)12/h8-11H,6-7,12H2,1-5H3. The van der Waals surface area contributed by atoms with Gasteiger partial charge in [-0.2, -0.15) is 0 Å². The summed E-state index contributed by atoms with van der Waals surface area (Å²) in [6.07, 6.45) is 2.54. The zero-order chi connectivity index (χ0) is 9.72. The highest BCUT2D eigenvalue weighted by Crippen LogP contribution is 2.28. The Kier molecular flexibility index (Phi) is 5.56. The normalized spacial score (nSPS) is 21.5. The van der Waals surface area contributed by atoms with Gasteiger partial charge in [0.15, 0.2) is 0 Å². The molecular formula is C11H25N. The van der Waals surface area contributed by atoms with E-state index in [1.54, 1.807) is 0 Å². The fourth-order valence-corrected chi connectivity index (χ4v) is 1.99. The molecule has 0 aromatic rings. The van der Waals surface area contributed by atoms with E-state index in [0.29, 0.717) is 12.0 Å². The minimum Gasteiger partial charge on any atom is -0.328 e. The highest BCUT2D eigenvalue weighted by molar-refractivity contribution is 4.75. The maximum Gasteiger partial charge on any atom is 0.00388 e. The largest absolute Gasteiger partial charge is 0.328 e. The molecule has 0 aliphatic heterocycles. The highest BCUT2D eigenvalue weighted by Gasteiger charge is 2.22. The summed E-state index contributed by atoms with van der Waals surface area (Å²) in [4.78, 5) is 0. The molecule has 1 heteroatoms. The predicted molar refractivity (Wildman–Crippen MR) is 56.0 cm³/mol. The SMILES string of the molecule is CCC(C)C(CC)C(C)C(C)N. The summed E-state index contributed by atoms with van der Waals surface area (Å²) in [6, 6.07) is 0.337. The molecule has 0 aromatic heterocycles. The third-order valence-corrected chi connectivity index (χ3v) is 3.35. The van der Waals surface area contributed by atoms with E-state index < -0.39 is 0 Å². The van der Waals surface area contributed by atoms with Crippen LogP contribution in [0.25, 0.3) is 0 Å². The molecule has 4 atom stereocenters. The quantitative estimate of drug-likeness (QED) is 0.676. The maximum absolute atomic E-state index is 5.90. The van der Waals surface area contributed by atoms with Crippen molar-refractivity contribution in [2.24, 2.45) is 23.5 Å². The van der Waals surface area contributed by atoms with E-state index in [1.165, 1.54) is 12.8 Å². The third kappa shape index (κ3) is 3.14. The van der Waals surface area contributed by atoms with Gasteiger partial charge in [-0.15, -0.1) is 0 Å². The van der Waals surface area contributed by atoms with Crippen LogP contribution >= 0.6 is 0 Å². The summed E-state index contributed by atoms with van der Waals surface area (Å²) in [6.45, 7) is 11.3. The smallest absolute Gasteiger partial charge is 0.00388 e. The lowest BCUT2D eigenvalue weighted by atomic mass is 9.77. The van der Waals surface area contributed by atoms with Crippen molar-refractivity contribution < 1.29 is 0 Å². The van der Waals surface area contributed by atoms with E-state index in [4.69, 9.17) is 5.73 Å². The number of hydrogen-bond donors (Lipinski definition) is 1. The van der Waals surface area contributed by atoms with Gasteiger partial charge < -0.3 is 5.73 Å². The van der Waals surface area contributed by atoms with Gasteiger partial charge in [0.1, 0.15) is 0 Å². The van der Waals surface area contributed by atoms with Gasteiger partial charge in [-0.05, 0) is 24.7 Å². The highest BCUT2D eigenvalue weighted by atomic mass is 14.6. The molecule has 4 unspecified atom stereocenters. The van der Waals surface area contributed by atoms with E-state index >= 15 is 0 Å². The molecule has 0 amide bonds. The Bertz CT molecular complexity index is 110. The van der Waals surface area contributed by atoms with Crippen molar-refractivity contribution >= 4 is 0 Å². The molecule has 1 nitrogen and oxygen atoms in total. The third-order valence-electron chi connectivity index (χ3n) is 3.35. The first-order chi connectivity index (χ1) is 5.54. The molecule has 0 aliphatic rings. The summed E-state index contributed by atoms with van der Waals surface area (Å²) >= 11 is 0. The van der Waals surface area contributed by atoms with Gasteiger partial charge in [0.05, 0.1) is 0 Å². The Hall–Kier alpha value is -0.0400.